The first-order chi connectivity index (χ1) is 12.6. The van der Waals surface area contributed by atoms with E-state index in [4.69, 9.17) is 0 Å². The lowest BCUT2D eigenvalue weighted by Crippen LogP contribution is -2.46. The third kappa shape index (κ3) is 3.20. The van der Waals surface area contributed by atoms with Crippen LogP contribution in [0.3, 0.4) is 0 Å². The van der Waals surface area contributed by atoms with Gasteiger partial charge >= 0.3 is 0 Å². The Kier molecular flexibility index (Phi) is 4.42. The molecule has 1 aromatic carbocycles. The summed E-state index contributed by atoms with van der Waals surface area (Å²) in [6.45, 7) is 3.42. The van der Waals surface area contributed by atoms with Gasteiger partial charge in [0, 0.05) is 49.9 Å². The molecule has 1 aromatic heterocycles. The molecule has 0 radical (unpaired) electrons. The van der Waals surface area contributed by atoms with Gasteiger partial charge in [-0.2, -0.15) is 0 Å². The number of piperidine rings is 1. The maximum Gasteiger partial charge on any atom is 0.276 e. The molecular weight excluding hydrogens is 330 g/mol. The van der Waals surface area contributed by atoms with Crippen LogP contribution in [0, 0.1) is 16.0 Å². The quantitative estimate of drug-likeness (QED) is 0.627. The van der Waals surface area contributed by atoms with Crippen LogP contribution in [-0.4, -0.2) is 34.0 Å². The number of aromatic nitrogens is 1. The molecule has 6 nitrogen and oxygen atoms in total. The normalized spacial score (nSPS) is 22.3. The van der Waals surface area contributed by atoms with Crippen molar-refractivity contribution in [2.24, 2.45) is 5.92 Å². The Bertz CT molecular complexity index is 919. The standard InChI is InChI=1S/C20H21N3O3/c24-20-9-3-8-18-17-11-15(13-22(18)20)12-21(14-17)10-4-6-16-5-1-2-7-19(16)23(25)26/h1-9,15,17H,10-14H2. The molecule has 0 saturated carbocycles. The highest BCUT2D eigenvalue weighted by Crippen LogP contribution is 2.34. The van der Waals surface area contributed by atoms with Gasteiger partial charge < -0.3 is 4.57 Å². The van der Waals surface area contributed by atoms with E-state index in [9.17, 15) is 14.9 Å². The minimum absolute atomic E-state index is 0.0990. The Morgan fingerprint density at radius 1 is 1.12 bits per heavy atom. The first kappa shape index (κ1) is 16.7. The first-order valence-electron chi connectivity index (χ1n) is 8.94. The largest absolute Gasteiger partial charge is 0.312 e. The molecule has 4 rings (SSSR count). The molecule has 2 aromatic rings. The van der Waals surface area contributed by atoms with E-state index >= 15 is 0 Å². The second-order valence-corrected chi connectivity index (χ2v) is 7.13. The van der Waals surface area contributed by atoms with Crippen LogP contribution in [0.25, 0.3) is 6.08 Å². The summed E-state index contributed by atoms with van der Waals surface area (Å²) in [6.07, 6.45) is 4.97. The molecule has 0 amide bonds. The van der Waals surface area contributed by atoms with E-state index in [0.717, 1.165) is 38.3 Å². The van der Waals surface area contributed by atoms with Crippen molar-refractivity contribution in [3.63, 3.8) is 0 Å². The van der Waals surface area contributed by atoms with E-state index in [1.54, 1.807) is 18.2 Å². The van der Waals surface area contributed by atoms with Crippen molar-refractivity contribution in [3.8, 4) is 0 Å². The number of nitro groups is 1. The third-order valence-electron chi connectivity index (χ3n) is 5.35. The summed E-state index contributed by atoms with van der Waals surface area (Å²) in [5.74, 6) is 0.872. The molecule has 6 heteroatoms. The monoisotopic (exact) mass is 351 g/mol. The van der Waals surface area contributed by atoms with Gasteiger partial charge in [-0.05, 0) is 24.5 Å². The third-order valence-corrected chi connectivity index (χ3v) is 5.35. The van der Waals surface area contributed by atoms with Crippen molar-refractivity contribution in [3.05, 3.63) is 80.3 Å². The smallest absolute Gasteiger partial charge is 0.276 e. The molecule has 2 unspecified atom stereocenters. The van der Waals surface area contributed by atoms with Crippen molar-refractivity contribution >= 4 is 11.8 Å². The molecule has 0 N–H and O–H groups in total. The maximum atomic E-state index is 12.1. The van der Waals surface area contributed by atoms with Crippen LogP contribution in [0.4, 0.5) is 5.69 Å². The number of benzene rings is 1. The van der Waals surface area contributed by atoms with Crippen LogP contribution in [0.2, 0.25) is 0 Å². The molecule has 2 atom stereocenters. The van der Waals surface area contributed by atoms with E-state index in [1.165, 1.54) is 6.07 Å². The lowest BCUT2D eigenvalue weighted by Gasteiger charge is -2.42. The highest BCUT2D eigenvalue weighted by molar-refractivity contribution is 5.60. The van der Waals surface area contributed by atoms with Crippen LogP contribution in [0.15, 0.2) is 53.3 Å². The minimum atomic E-state index is -0.348. The predicted molar refractivity (Wildman–Crippen MR) is 100 cm³/mol. The highest BCUT2D eigenvalue weighted by Gasteiger charge is 2.33. The van der Waals surface area contributed by atoms with Crippen molar-refractivity contribution in [1.29, 1.82) is 0 Å². The Balaban J connectivity index is 1.47. The first-order valence-corrected chi connectivity index (χ1v) is 8.94. The van der Waals surface area contributed by atoms with E-state index in [1.807, 2.05) is 28.9 Å². The van der Waals surface area contributed by atoms with Gasteiger partial charge in [-0.25, -0.2) is 0 Å². The number of hydrogen-bond acceptors (Lipinski definition) is 4. The van der Waals surface area contributed by atoms with Crippen LogP contribution >= 0.6 is 0 Å². The molecule has 0 aliphatic carbocycles. The summed E-state index contributed by atoms with van der Waals surface area (Å²) in [5, 5.41) is 11.1. The molecule has 0 spiro atoms. The van der Waals surface area contributed by atoms with E-state index in [0.29, 0.717) is 17.4 Å². The number of para-hydroxylation sites is 1. The van der Waals surface area contributed by atoms with Crippen LogP contribution in [-0.2, 0) is 6.54 Å². The van der Waals surface area contributed by atoms with Crippen molar-refractivity contribution in [2.75, 3.05) is 19.6 Å². The number of pyridine rings is 1. The van der Waals surface area contributed by atoms with Gasteiger partial charge in [0.1, 0.15) is 0 Å². The summed E-state index contributed by atoms with van der Waals surface area (Å²) in [6, 6.07) is 12.3. The Labute approximate surface area is 151 Å². The number of fused-ring (bicyclic) bond motifs is 4. The topological polar surface area (TPSA) is 68.4 Å². The predicted octanol–water partition coefficient (Wildman–Crippen LogP) is 2.89. The summed E-state index contributed by atoms with van der Waals surface area (Å²) in [5.41, 5.74) is 2.00. The van der Waals surface area contributed by atoms with Gasteiger partial charge in [-0.1, -0.05) is 30.4 Å². The van der Waals surface area contributed by atoms with Crippen molar-refractivity contribution in [1.82, 2.24) is 9.47 Å². The molecule has 1 saturated heterocycles. The Morgan fingerprint density at radius 2 is 1.96 bits per heavy atom. The molecule has 3 heterocycles. The van der Waals surface area contributed by atoms with Crippen molar-refractivity contribution < 1.29 is 4.92 Å². The van der Waals surface area contributed by atoms with Gasteiger partial charge in [0.05, 0.1) is 10.5 Å². The lowest BCUT2D eigenvalue weighted by atomic mass is 9.83. The van der Waals surface area contributed by atoms with E-state index in [-0.39, 0.29) is 16.2 Å². The average molecular weight is 351 g/mol. The van der Waals surface area contributed by atoms with Gasteiger partial charge in [0.15, 0.2) is 0 Å². The zero-order chi connectivity index (χ0) is 18.1. The van der Waals surface area contributed by atoms with Crippen LogP contribution in [0.5, 0.6) is 0 Å². The summed E-state index contributed by atoms with van der Waals surface area (Å²) < 4.78 is 1.93. The van der Waals surface area contributed by atoms with Crippen LogP contribution < -0.4 is 5.56 Å². The second kappa shape index (κ2) is 6.88. The van der Waals surface area contributed by atoms with E-state index < -0.39 is 0 Å². The van der Waals surface area contributed by atoms with Gasteiger partial charge in [-0.15, -0.1) is 0 Å². The minimum Gasteiger partial charge on any atom is -0.312 e. The van der Waals surface area contributed by atoms with E-state index in [2.05, 4.69) is 11.0 Å². The molecule has 2 bridgehead atoms. The Hall–Kier alpha value is -2.73. The molecule has 134 valence electrons. The van der Waals surface area contributed by atoms with Crippen molar-refractivity contribution in [2.45, 2.75) is 18.9 Å². The fourth-order valence-corrected chi connectivity index (χ4v) is 4.27. The summed E-state index contributed by atoms with van der Waals surface area (Å²) >= 11 is 0. The SMILES string of the molecule is O=c1cccc2n1CC1CC2CN(CC=Cc2ccccc2[N+](=O)[O-])C1. The molecule has 2 aliphatic heterocycles. The lowest BCUT2D eigenvalue weighted by molar-refractivity contribution is -0.385. The summed E-state index contributed by atoms with van der Waals surface area (Å²) in [4.78, 5) is 25.2. The zero-order valence-electron chi connectivity index (χ0n) is 14.5. The maximum absolute atomic E-state index is 12.1. The molecule has 2 aliphatic rings. The second-order valence-electron chi connectivity index (χ2n) is 7.13. The number of likely N-dealkylation sites (tertiary alicyclic amines) is 1. The van der Waals surface area contributed by atoms with Gasteiger partial charge in [0.25, 0.3) is 11.2 Å². The number of nitrogens with zero attached hydrogens (tertiary/aromatic N) is 3. The van der Waals surface area contributed by atoms with Gasteiger partial charge in [-0.3, -0.25) is 19.8 Å². The number of rotatable bonds is 4. The summed E-state index contributed by atoms with van der Waals surface area (Å²) in [7, 11) is 0. The fraction of sp³-hybridized carbons (Fsp3) is 0.350. The van der Waals surface area contributed by atoms with Gasteiger partial charge in [0.2, 0.25) is 0 Å². The molecular formula is C20H21N3O3. The molecule has 26 heavy (non-hydrogen) atoms. The molecule has 1 fully saturated rings. The average Bonchev–Trinajstić information content (AvgIpc) is 2.63. The van der Waals surface area contributed by atoms with Crippen LogP contribution in [0.1, 0.15) is 23.6 Å². The Morgan fingerprint density at radius 3 is 2.81 bits per heavy atom. The zero-order valence-corrected chi connectivity index (χ0v) is 14.5. The number of nitro benzene ring substituents is 1. The number of hydrogen-bond donors (Lipinski definition) is 0. The highest BCUT2D eigenvalue weighted by atomic mass is 16.6. The fourth-order valence-electron chi connectivity index (χ4n) is 4.27.